The van der Waals surface area contributed by atoms with Crippen LogP contribution in [0, 0.1) is 0 Å². The third-order valence-electron chi connectivity index (χ3n) is 5.63. The zero-order valence-corrected chi connectivity index (χ0v) is 22.0. The average Bonchev–Trinajstić information content (AvgIpc) is 3.11. The van der Waals surface area contributed by atoms with E-state index in [1.807, 2.05) is 50.3 Å². The molecule has 5 nitrogen and oxygen atoms in total. The second-order valence-electron chi connectivity index (χ2n) is 7.99. The highest BCUT2D eigenvalue weighted by molar-refractivity contribution is 8.26. The number of amides is 1. The van der Waals surface area contributed by atoms with Gasteiger partial charge in [0.25, 0.3) is 5.91 Å². The molecule has 2 aromatic rings. The summed E-state index contributed by atoms with van der Waals surface area (Å²) in [6.07, 6.45) is 3.73. The Hall–Kier alpha value is -2.51. The van der Waals surface area contributed by atoms with Crippen LogP contribution in [0.3, 0.4) is 0 Å². The normalized spacial score (nSPS) is 15.6. The number of hydrogen-bond donors (Lipinski definition) is 0. The van der Waals surface area contributed by atoms with E-state index < -0.39 is 0 Å². The molecule has 0 aliphatic carbocycles. The van der Waals surface area contributed by atoms with Crippen molar-refractivity contribution in [1.29, 1.82) is 0 Å². The Labute approximate surface area is 212 Å². The largest absolute Gasteiger partial charge is 0.493 e. The summed E-state index contributed by atoms with van der Waals surface area (Å²) < 4.78 is 18.2. The first-order valence-corrected chi connectivity index (χ1v) is 13.1. The summed E-state index contributed by atoms with van der Waals surface area (Å²) in [5.41, 5.74) is 2.21. The molecule has 182 valence electrons. The lowest BCUT2D eigenvalue weighted by atomic mass is 9.99. The zero-order chi connectivity index (χ0) is 24.5. The maximum Gasteiger partial charge on any atom is 0.266 e. The minimum absolute atomic E-state index is 0.0506. The van der Waals surface area contributed by atoms with Crippen molar-refractivity contribution in [3.8, 4) is 17.2 Å². The van der Waals surface area contributed by atoms with Crippen LogP contribution in [0.5, 0.6) is 17.2 Å². The summed E-state index contributed by atoms with van der Waals surface area (Å²) in [5.74, 6) is 2.72. The van der Waals surface area contributed by atoms with Crippen molar-refractivity contribution in [2.75, 3.05) is 26.4 Å². The van der Waals surface area contributed by atoms with Gasteiger partial charge in [0.2, 0.25) is 0 Å². The zero-order valence-electron chi connectivity index (χ0n) is 20.3. The van der Waals surface area contributed by atoms with Crippen molar-refractivity contribution in [3.63, 3.8) is 0 Å². The smallest absolute Gasteiger partial charge is 0.266 e. The van der Waals surface area contributed by atoms with Gasteiger partial charge in [-0.25, -0.2) is 0 Å². The van der Waals surface area contributed by atoms with Crippen LogP contribution < -0.4 is 14.2 Å². The van der Waals surface area contributed by atoms with E-state index in [9.17, 15) is 4.79 Å². The minimum atomic E-state index is -0.0506. The molecule has 0 N–H and O–H groups in total. The van der Waals surface area contributed by atoms with Crippen LogP contribution in [0.25, 0.3) is 6.08 Å². The molecule has 1 unspecified atom stereocenters. The Morgan fingerprint density at radius 1 is 1.00 bits per heavy atom. The molecule has 1 fully saturated rings. The summed E-state index contributed by atoms with van der Waals surface area (Å²) in [6.45, 7) is 10.5. The predicted molar refractivity (Wildman–Crippen MR) is 144 cm³/mol. The predicted octanol–water partition coefficient (Wildman–Crippen LogP) is 6.67. The number of carbonyl (C=O) groups excluding carboxylic acids is 1. The number of nitrogens with zero attached hydrogens (tertiary/aromatic N) is 1. The lowest BCUT2D eigenvalue weighted by Crippen LogP contribution is -2.27. The van der Waals surface area contributed by atoms with E-state index in [1.54, 1.807) is 4.90 Å². The molecule has 1 heterocycles. The van der Waals surface area contributed by atoms with Crippen LogP contribution in [0.2, 0.25) is 0 Å². The van der Waals surface area contributed by atoms with Crippen LogP contribution in [0.15, 0.2) is 47.4 Å². The molecule has 2 aromatic carbocycles. The van der Waals surface area contributed by atoms with Gasteiger partial charge in [0, 0.05) is 13.0 Å². The summed E-state index contributed by atoms with van der Waals surface area (Å²) in [5, 5.41) is 0. The fourth-order valence-electron chi connectivity index (χ4n) is 3.49. The molecule has 0 radical (unpaired) electrons. The first-order chi connectivity index (χ1) is 16.5. The second-order valence-corrected chi connectivity index (χ2v) is 9.67. The highest BCUT2D eigenvalue weighted by Crippen LogP contribution is 2.34. The van der Waals surface area contributed by atoms with Gasteiger partial charge in [0.05, 0.1) is 24.7 Å². The van der Waals surface area contributed by atoms with Crippen molar-refractivity contribution < 1.29 is 19.0 Å². The van der Waals surface area contributed by atoms with Gasteiger partial charge in [-0.3, -0.25) is 9.69 Å². The molecule has 0 saturated carbocycles. The maximum atomic E-state index is 12.5. The number of carbonyl (C=O) groups is 1. The van der Waals surface area contributed by atoms with Crippen molar-refractivity contribution in [2.45, 2.75) is 46.5 Å². The van der Waals surface area contributed by atoms with Crippen LogP contribution in [-0.2, 0) is 4.79 Å². The Morgan fingerprint density at radius 2 is 1.74 bits per heavy atom. The summed E-state index contributed by atoms with van der Waals surface area (Å²) in [4.78, 5) is 14.7. The summed E-state index contributed by atoms with van der Waals surface area (Å²) in [7, 11) is 0. The quantitative estimate of drug-likeness (QED) is 0.185. The van der Waals surface area contributed by atoms with Crippen molar-refractivity contribution in [3.05, 3.63) is 58.5 Å². The topological polar surface area (TPSA) is 48.0 Å². The molecule has 0 aromatic heterocycles. The molecule has 1 amide bonds. The molecule has 0 bridgehead atoms. The molecule has 0 spiro atoms. The third kappa shape index (κ3) is 6.76. The SMILES string of the molecule is CCOc1cc(/C=C2\SC(=S)N(CC)C2=O)ccc1OCCCOc1ccc(C(C)CC)cc1. The lowest BCUT2D eigenvalue weighted by Gasteiger charge is -2.13. The van der Waals surface area contributed by atoms with E-state index in [1.165, 1.54) is 17.3 Å². The Balaban J connectivity index is 1.54. The van der Waals surface area contributed by atoms with Gasteiger partial charge >= 0.3 is 0 Å². The van der Waals surface area contributed by atoms with Gasteiger partial charge in [0.15, 0.2) is 11.5 Å². The van der Waals surface area contributed by atoms with Gasteiger partial charge in [0.1, 0.15) is 10.1 Å². The van der Waals surface area contributed by atoms with Crippen LogP contribution in [0.4, 0.5) is 0 Å². The Kier molecular flexibility index (Phi) is 9.84. The van der Waals surface area contributed by atoms with Crippen LogP contribution in [-0.4, -0.2) is 41.5 Å². The fraction of sp³-hybridized carbons (Fsp3) is 0.407. The molecule has 1 aliphatic rings. The highest BCUT2D eigenvalue weighted by Gasteiger charge is 2.30. The van der Waals surface area contributed by atoms with E-state index in [-0.39, 0.29) is 5.91 Å². The number of rotatable bonds is 12. The van der Waals surface area contributed by atoms with E-state index in [0.717, 1.165) is 24.2 Å². The number of hydrogen-bond acceptors (Lipinski definition) is 6. The fourth-order valence-corrected chi connectivity index (χ4v) is 4.87. The molecular formula is C27H33NO4S2. The number of benzene rings is 2. The van der Waals surface area contributed by atoms with Gasteiger partial charge < -0.3 is 14.2 Å². The molecule has 1 saturated heterocycles. The van der Waals surface area contributed by atoms with E-state index in [0.29, 0.717) is 53.0 Å². The monoisotopic (exact) mass is 499 g/mol. The number of thioether (sulfide) groups is 1. The Morgan fingerprint density at radius 3 is 2.38 bits per heavy atom. The van der Waals surface area contributed by atoms with Gasteiger partial charge in [-0.1, -0.05) is 56.0 Å². The van der Waals surface area contributed by atoms with E-state index >= 15 is 0 Å². The van der Waals surface area contributed by atoms with Gasteiger partial charge in [-0.15, -0.1) is 0 Å². The summed E-state index contributed by atoms with van der Waals surface area (Å²) >= 11 is 6.62. The maximum absolute atomic E-state index is 12.5. The van der Waals surface area contributed by atoms with Crippen LogP contribution in [0.1, 0.15) is 57.6 Å². The number of thiocarbonyl (C=S) groups is 1. The molecule has 1 aliphatic heterocycles. The molecule has 1 atom stereocenters. The number of ether oxygens (including phenoxy) is 3. The molecule has 7 heteroatoms. The van der Waals surface area contributed by atoms with Crippen molar-refractivity contribution >= 4 is 40.3 Å². The molecule has 34 heavy (non-hydrogen) atoms. The van der Waals surface area contributed by atoms with Crippen molar-refractivity contribution in [1.82, 2.24) is 4.90 Å². The average molecular weight is 500 g/mol. The van der Waals surface area contributed by atoms with Gasteiger partial charge in [-0.2, -0.15) is 0 Å². The first-order valence-electron chi connectivity index (χ1n) is 11.8. The first kappa shape index (κ1) is 26.1. The molecule has 3 rings (SSSR count). The molecular weight excluding hydrogens is 466 g/mol. The van der Waals surface area contributed by atoms with Gasteiger partial charge in [-0.05, 0) is 67.7 Å². The summed E-state index contributed by atoms with van der Waals surface area (Å²) in [6, 6.07) is 14.0. The second kappa shape index (κ2) is 12.8. The minimum Gasteiger partial charge on any atom is -0.493 e. The Bertz CT molecular complexity index is 1020. The number of likely N-dealkylation sites (N-methyl/N-ethyl adjacent to an activating group) is 1. The van der Waals surface area contributed by atoms with Crippen LogP contribution >= 0.6 is 24.0 Å². The van der Waals surface area contributed by atoms with Crippen molar-refractivity contribution in [2.24, 2.45) is 0 Å². The highest BCUT2D eigenvalue weighted by atomic mass is 32.2. The van der Waals surface area contributed by atoms with E-state index in [4.69, 9.17) is 26.4 Å². The lowest BCUT2D eigenvalue weighted by molar-refractivity contribution is -0.121. The standard InChI is InChI=1S/C27H33NO4S2/c1-5-19(4)21-10-12-22(13-11-21)31-15-8-16-32-23-14-9-20(17-24(23)30-7-3)18-25-26(29)28(6-2)27(33)34-25/h9-14,17-19H,5-8,15-16H2,1-4H3/b25-18-. The third-order valence-corrected chi connectivity index (χ3v) is 7.01. The van der Waals surface area contributed by atoms with E-state index in [2.05, 4.69) is 26.0 Å².